The van der Waals surface area contributed by atoms with Crippen molar-refractivity contribution in [2.45, 2.75) is 70.7 Å². The lowest BCUT2D eigenvalue weighted by atomic mass is 9.99. The van der Waals surface area contributed by atoms with Gasteiger partial charge in [0.2, 0.25) is 0 Å². The molecule has 0 amide bonds. The first-order chi connectivity index (χ1) is 10.4. The largest absolute Gasteiger partial charge is 0.394 e. The van der Waals surface area contributed by atoms with E-state index in [1.807, 2.05) is 0 Å². The number of allylic oxidation sites excluding steroid dienone is 2. The SMILES string of the molecule is CC(C)=CCC[C@H](C)CCO[C@H]1O[C@H](CO)[C@@H](O)[C@H](O)[C@H]1O. The summed E-state index contributed by atoms with van der Waals surface area (Å²) in [6.07, 6.45) is -0.889. The lowest BCUT2D eigenvalue weighted by Crippen LogP contribution is -2.59. The second-order valence-corrected chi connectivity index (χ2v) is 6.32. The molecule has 0 aromatic heterocycles. The number of ether oxygens (including phenoxy) is 2. The Morgan fingerprint density at radius 1 is 1.14 bits per heavy atom. The van der Waals surface area contributed by atoms with Crippen LogP contribution in [0.4, 0.5) is 0 Å². The third-order valence-corrected chi connectivity index (χ3v) is 3.95. The predicted molar refractivity (Wildman–Crippen MR) is 82.2 cm³/mol. The van der Waals surface area contributed by atoms with Gasteiger partial charge in [-0.25, -0.2) is 0 Å². The second-order valence-electron chi connectivity index (χ2n) is 6.32. The van der Waals surface area contributed by atoms with Gasteiger partial charge in [-0.15, -0.1) is 0 Å². The van der Waals surface area contributed by atoms with E-state index in [1.165, 1.54) is 5.57 Å². The van der Waals surface area contributed by atoms with Crippen molar-refractivity contribution in [1.82, 2.24) is 0 Å². The van der Waals surface area contributed by atoms with Gasteiger partial charge in [0.25, 0.3) is 0 Å². The van der Waals surface area contributed by atoms with E-state index < -0.39 is 37.3 Å². The molecule has 1 heterocycles. The summed E-state index contributed by atoms with van der Waals surface area (Å²) in [6.45, 7) is 6.23. The van der Waals surface area contributed by atoms with Crippen LogP contribution in [0.5, 0.6) is 0 Å². The fourth-order valence-corrected chi connectivity index (χ4v) is 2.39. The quantitative estimate of drug-likeness (QED) is 0.489. The number of hydrogen-bond donors (Lipinski definition) is 4. The van der Waals surface area contributed by atoms with Crippen LogP contribution >= 0.6 is 0 Å². The van der Waals surface area contributed by atoms with Gasteiger partial charge >= 0.3 is 0 Å². The molecule has 0 bridgehead atoms. The van der Waals surface area contributed by atoms with Crippen LogP contribution in [0.25, 0.3) is 0 Å². The molecule has 1 fully saturated rings. The average molecular weight is 318 g/mol. The minimum absolute atomic E-state index is 0.388. The van der Waals surface area contributed by atoms with E-state index in [0.29, 0.717) is 12.5 Å². The first-order valence-electron chi connectivity index (χ1n) is 7.92. The Morgan fingerprint density at radius 3 is 2.41 bits per heavy atom. The average Bonchev–Trinajstić information content (AvgIpc) is 2.47. The maximum atomic E-state index is 9.84. The predicted octanol–water partition coefficient (Wildman–Crippen LogP) is 0.575. The summed E-state index contributed by atoms with van der Waals surface area (Å²) < 4.78 is 10.8. The fourth-order valence-electron chi connectivity index (χ4n) is 2.39. The zero-order chi connectivity index (χ0) is 16.7. The van der Waals surface area contributed by atoms with Crippen LogP contribution in [0.2, 0.25) is 0 Å². The topological polar surface area (TPSA) is 99.4 Å². The molecule has 22 heavy (non-hydrogen) atoms. The van der Waals surface area contributed by atoms with E-state index in [2.05, 4.69) is 26.8 Å². The van der Waals surface area contributed by atoms with Crippen molar-refractivity contribution < 1.29 is 29.9 Å². The first-order valence-corrected chi connectivity index (χ1v) is 7.92. The molecule has 6 nitrogen and oxygen atoms in total. The first kappa shape index (κ1) is 19.5. The van der Waals surface area contributed by atoms with Crippen LogP contribution in [-0.2, 0) is 9.47 Å². The van der Waals surface area contributed by atoms with Gasteiger partial charge < -0.3 is 29.9 Å². The van der Waals surface area contributed by atoms with Gasteiger partial charge in [0, 0.05) is 0 Å². The maximum absolute atomic E-state index is 9.84. The van der Waals surface area contributed by atoms with Crippen LogP contribution < -0.4 is 0 Å². The third-order valence-electron chi connectivity index (χ3n) is 3.95. The molecule has 1 saturated heterocycles. The summed E-state index contributed by atoms with van der Waals surface area (Å²) in [5.41, 5.74) is 1.31. The standard InChI is InChI=1S/C16H30O6/c1-10(2)5-4-6-11(3)7-8-21-16-15(20)14(19)13(18)12(9-17)22-16/h5,11-20H,4,6-9H2,1-3H3/t11-,12+,13+,14-,15+,16-/m0/s1. The highest BCUT2D eigenvalue weighted by molar-refractivity contribution is 4.92. The van der Waals surface area contributed by atoms with Crippen LogP contribution in [0.3, 0.4) is 0 Å². The number of aliphatic hydroxyl groups excluding tert-OH is 4. The molecule has 4 N–H and O–H groups in total. The van der Waals surface area contributed by atoms with Crippen molar-refractivity contribution in [2.24, 2.45) is 5.92 Å². The lowest BCUT2D eigenvalue weighted by molar-refractivity contribution is -0.301. The van der Waals surface area contributed by atoms with E-state index in [1.54, 1.807) is 0 Å². The van der Waals surface area contributed by atoms with Crippen molar-refractivity contribution in [3.8, 4) is 0 Å². The van der Waals surface area contributed by atoms with Crippen LogP contribution in [-0.4, -0.2) is 64.3 Å². The molecule has 0 spiro atoms. The highest BCUT2D eigenvalue weighted by Crippen LogP contribution is 2.22. The normalized spacial score (nSPS) is 33.5. The zero-order valence-electron chi connectivity index (χ0n) is 13.7. The molecule has 0 aromatic rings. The Morgan fingerprint density at radius 2 is 1.82 bits per heavy atom. The molecule has 0 saturated carbocycles. The summed E-state index contributed by atoms with van der Waals surface area (Å²) in [5, 5.41) is 38.3. The molecular formula is C16H30O6. The second kappa shape index (κ2) is 9.60. The monoisotopic (exact) mass is 318 g/mol. The van der Waals surface area contributed by atoms with Gasteiger partial charge in [-0.2, -0.15) is 0 Å². The van der Waals surface area contributed by atoms with Gasteiger partial charge in [-0.1, -0.05) is 18.6 Å². The molecule has 0 aliphatic carbocycles. The zero-order valence-corrected chi connectivity index (χ0v) is 13.7. The van der Waals surface area contributed by atoms with E-state index in [-0.39, 0.29) is 0 Å². The highest BCUT2D eigenvalue weighted by Gasteiger charge is 2.43. The summed E-state index contributed by atoms with van der Waals surface area (Å²) in [6, 6.07) is 0. The minimum Gasteiger partial charge on any atom is -0.394 e. The Kier molecular flexibility index (Phi) is 8.53. The fraction of sp³-hybridized carbons (Fsp3) is 0.875. The van der Waals surface area contributed by atoms with E-state index in [0.717, 1.165) is 19.3 Å². The van der Waals surface area contributed by atoms with Crippen LogP contribution in [0, 0.1) is 5.92 Å². The van der Waals surface area contributed by atoms with Gasteiger partial charge in [0.1, 0.15) is 24.4 Å². The number of aliphatic hydroxyl groups is 4. The highest BCUT2D eigenvalue weighted by atomic mass is 16.7. The summed E-state index contributed by atoms with van der Waals surface area (Å²) >= 11 is 0. The molecular weight excluding hydrogens is 288 g/mol. The van der Waals surface area contributed by atoms with Gasteiger partial charge in [-0.05, 0) is 39.0 Å². The summed E-state index contributed by atoms with van der Waals surface area (Å²) in [7, 11) is 0. The molecule has 1 aliphatic heterocycles. The molecule has 1 rings (SSSR count). The lowest BCUT2D eigenvalue weighted by Gasteiger charge is -2.39. The Labute approximate surface area is 132 Å². The molecule has 0 aromatic carbocycles. The van der Waals surface area contributed by atoms with Gasteiger partial charge in [0.15, 0.2) is 6.29 Å². The Bertz CT molecular complexity index is 340. The molecule has 130 valence electrons. The number of rotatable bonds is 8. The summed E-state index contributed by atoms with van der Waals surface area (Å²) in [4.78, 5) is 0. The van der Waals surface area contributed by atoms with E-state index in [4.69, 9.17) is 14.6 Å². The molecule has 1 aliphatic rings. The third kappa shape index (κ3) is 5.95. The minimum atomic E-state index is -1.38. The molecule has 6 heteroatoms. The molecule has 0 unspecified atom stereocenters. The van der Waals surface area contributed by atoms with Gasteiger partial charge in [0.05, 0.1) is 13.2 Å². The van der Waals surface area contributed by atoms with E-state index >= 15 is 0 Å². The Balaban J connectivity index is 2.32. The van der Waals surface area contributed by atoms with Crippen molar-refractivity contribution in [3.63, 3.8) is 0 Å². The summed E-state index contributed by atoms with van der Waals surface area (Å²) in [5.74, 6) is 0.473. The van der Waals surface area contributed by atoms with Crippen molar-refractivity contribution >= 4 is 0 Å². The van der Waals surface area contributed by atoms with Crippen molar-refractivity contribution in [2.75, 3.05) is 13.2 Å². The smallest absolute Gasteiger partial charge is 0.186 e. The van der Waals surface area contributed by atoms with Crippen molar-refractivity contribution in [3.05, 3.63) is 11.6 Å². The van der Waals surface area contributed by atoms with Crippen molar-refractivity contribution in [1.29, 1.82) is 0 Å². The van der Waals surface area contributed by atoms with Crippen LogP contribution in [0.15, 0.2) is 11.6 Å². The molecule has 0 radical (unpaired) electrons. The Hall–Kier alpha value is -0.500. The molecule has 6 atom stereocenters. The van der Waals surface area contributed by atoms with Crippen LogP contribution in [0.1, 0.15) is 40.0 Å². The number of hydrogen-bond acceptors (Lipinski definition) is 6. The van der Waals surface area contributed by atoms with Gasteiger partial charge in [-0.3, -0.25) is 0 Å². The maximum Gasteiger partial charge on any atom is 0.186 e. The van der Waals surface area contributed by atoms with E-state index in [9.17, 15) is 15.3 Å².